The number of rotatable bonds is 2. The zero-order valence-electron chi connectivity index (χ0n) is 9.08. The van der Waals surface area contributed by atoms with Crippen LogP contribution in [0.4, 0.5) is 0 Å². The van der Waals surface area contributed by atoms with Crippen LogP contribution < -0.4 is 5.73 Å². The summed E-state index contributed by atoms with van der Waals surface area (Å²) in [5.74, 6) is 1.61. The van der Waals surface area contributed by atoms with Crippen LogP contribution in [0, 0.1) is 11.8 Å². The van der Waals surface area contributed by atoms with Crippen molar-refractivity contribution in [2.75, 3.05) is 13.1 Å². The summed E-state index contributed by atoms with van der Waals surface area (Å²) >= 11 is 0. The molecule has 0 bridgehead atoms. The molecule has 2 fully saturated rings. The molecular weight excluding hydrogens is 243 g/mol. The van der Waals surface area contributed by atoms with Crippen LogP contribution in [0.15, 0.2) is 30.3 Å². The molecule has 0 spiro atoms. The SMILES string of the molecule is Cl.Cl.NC1[C@H]2CN(Cc3ccccc3)C[C@H]12. The summed E-state index contributed by atoms with van der Waals surface area (Å²) in [6.07, 6.45) is 0. The van der Waals surface area contributed by atoms with Gasteiger partial charge in [-0.25, -0.2) is 0 Å². The van der Waals surface area contributed by atoms with E-state index in [1.165, 1.54) is 18.7 Å². The molecule has 1 aliphatic heterocycles. The molecule has 1 saturated carbocycles. The van der Waals surface area contributed by atoms with Crippen molar-refractivity contribution in [1.82, 2.24) is 4.90 Å². The van der Waals surface area contributed by atoms with E-state index >= 15 is 0 Å². The third kappa shape index (κ3) is 2.51. The molecule has 0 amide bonds. The minimum absolute atomic E-state index is 0. The molecule has 90 valence electrons. The molecule has 1 heterocycles. The molecule has 4 heteroatoms. The van der Waals surface area contributed by atoms with Gasteiger partial charge in [0.05, 0.1) is 0 Å². The van der Waals surface area contributed by atoms with Gasteiger partial charge < -0.3 is 5.73 Å². The molecule has 2 N–H and O–H groups in total. The molecule has 1 aliphatic carbocycles. The van der Waals surface area contributed by atoms with Crippen molar-refractivity contribution < 1.29 is 0 Å². The van der Waals surface area contributed by atoms with E-state index in [9.17, 15) is 0 Å². The van der Waals surface area contributed by atoms with E-state index < -0.39 is 0 Å². The standard InChI is InChI=1S/C12H16N2.2ClH/c13-12-10-7-14(8-11(10)12)6-9-4-2-1-3-5-9;;/h1-5,10-12H,6-8,13H2;2*1H/t10-,11-;;/m0../s1. The van der Waals surface area contributed by atoms with Crippen LogP contribution >= 0.6 is 24.8 Å². The van der Waals surface area contributed by atoms with Gasteiger partial charge >= 0.3 is 0 Å². The van der Waals surface area contributed by atoms with Crippen molar-refractivity contribution in [3.63, 3.8) is 0 Å². The van der Waals surface area contributed by atoms with Gasteiger partial charge in [0.2, 0.25) is 0 Å². The Morgan fingerprint density at radius 3 is 2.19 bits per heavy atom. The van der Waals surface area contributed by atoms with Gasteiger partial charge in [0.15, 0.2) is 0 Å². The van der Waals surface area contributed by atoms with Crippen LogP contribution in [0.1, 0.15) is 5.56 Å². The number of nitrogens with zero attached hydrogens (tertiary/aromatic N) is 1. The first-order valence-electron chi connectivity index (χ1n) is 5.36. The maximum atomic E-state index is 5.90. The second-order valence-electron chi connectivity index (χ2n) is 4.58. The lowest BCUT2D eigenvalue weighted by Gasteiger charge is -2.18. The zero-order chi connectivity index (χ0) is 9.54. The minimum atomic E-state index is 0. The lowest BCUT2D eigenvalue weighted by molar-refractivity contribution is 0.290. The smallest absolute Gasteiger partial charge is 0.0233 e. The summed E-state index contributed by atoms with van der Waals surface area (Å²) in [5.41, 5.74) is 7.32. The predicted octanol–water partition coefficient (Wildman–Crippen LogP) is 1.92. The molecule has 2 nitrogen and oxygen atoms in total. The molecule has 2 atom stereocenters. The molecule has 1 saturated heterocycles. The highest BCUT2D eigenvalue weighted by atomic mass is 35.5. The van der Waals surface area contributed by atoms with Gasteiger partial charge in [0.25, 0.3) is 0 Å². The molecule has 0 radical (unpaired) electrons. The fourth-order valence-electron chi connectivity index (χ4n) is 2.63. The molecule has 0 aromatic heterocycles. The maximum absolute atomic E-state index is 5.90. The van der Waals surface area contributed by atoms with Gasteiger partial charge in [-0.2, -0.15) is 0 Å². The van der Waals surface area contributed by atoms with Crippen molar-refractivity contribution in [3.8, 4) is 0 Å². The van der Waals surface area contributed by atoms with E-state index in [0.717, 1.165) is 18.4 Å². The maximum Gasteiger partial charge on any atom is 0.0233 e. The number of halogens is 2. The molecule has 3 rings (SSSR count). The van der Waals surface area contributed by atoms with E-state index in [0.29, 0.717) is 6.04 Å². The highest BCUT2D eigenvalue weighted by Crippen LogP contribution is 2.44. The van der Waals surface area contributed by atoms with E-state index in [2.05, 4.69) is 35.2 Å². The number of hydrogen-bond donors (Lipinski definition) is 1. The number of hydrogen-bond acceptors (Lipinski definition) is 2. The van der Waals surface area contributed by atoms with Crippen LogP contribution in [0.2, 0.25) is 0 Å². The van der Waals surface area contributed by atoms with Gasteiger partial charge in [-0.05, 0) is 17.4 Å². The van der Waals surface area contributed by atoms with Gasteiger partial charge in [0, 0.05) is 25.7 Å². The molecular formula is C12H18Cl2N2. The monoisotopic (exact) mass is 260 g/mol. The summed E-state index contributed by atoms with van der Waals surface area (Å²) in [6, 6.07) is 11.2. The van der Waals surface area contributed by atoms with Gasteiger partial charge in [-0.1, -0.05) is 30.3 Å². The summed E-state index contributed by atoms with van der Waals surface area (Å²) in [5, 5.41) is 0. The second-order valence-corrected chi connectivity index (χ2v) is 4.58. The Hall–Kier alpha value is -0.280. The Morgan fingerprint density at radius 1 is 1.06 bits per heavy atom. The summed E-state index contributed by atoms with van der Waals surface area (Å²) in [6.45, 7) is 3.52. The largest absolute Gasteiger partial charge is 0.327 e. The van der Waals surface area contributed by atoms with Crippen LogP contribution in [0.25, 0.3) is 0 Å². The molecule has 16 heavy (non-hydrogen) atoms. The van der Waals surface area contributed by atoms with Crippen LogP contribution in [0.5, 0.6) is 0 Å². The highest BCUT2D eigenvalue weighted by molar-refractivity contribution is 5.85. The topological polar surface area (TPSA) is 29.3 Å². The minimum Gasteiger partial charge on any atom is -0.327 e. The third-order valence-corrected chi connectivity index (χ3v) is 3.58. The van der Waals surface area contributed by atoms with Gasteiger partial charge in [-0.15, -0.1) is 24.8 Å². The molecule has 1 aromatic rings. The molecule has 0 unspecified atom stereocenters. The van der Waals surface area contributed by atoms with Crippen molar-refractivity contribution in [3.05, 3.63) is 35.9 Å². The van der Waals surface area contributed by atoms with Crippen LogP contribution in [-0.2, 0) is 6.54 Å². The first-order chi connectivity index (χ1) is 6.84. The number of likely N-dealkylation sites (tertiary alicyclic amines) is 1. The third-order valence-electron chi connectivity index (χ3n) is 3.58. The average molecular weight is 261 g/mol. The van der Waals surface area contributed by atoms with Crippen LogP contribution in [-0.4, -0.2) is 24.0 Å². The Labute approximate surface area is 109 Å². The number of nitrogens with two attached hydrogens (primary N) is 1. The van der Waals surface area contributed by atoms with Crippen LogP contribution in [0.3, 0.4) is 0 Å². The fourth-order valence-corrected chi connectivity index (χ4v) is 2.63. The van der Waals surface area contributed by atoms with Crippen molar-refractivity contribution in [2.24, 2.45) is 17.6 Å². The lowest BCUT2D eigenvalue weighted by Crippen LogP contribution is -2.27. The van der Waals surface area contributed by atoms with E-state index in [1.54, 1.807) is 0 Å². The van der Waals surface area contributed by atoms with E-state index in [-0.39, 0.29) is 24.8 Å². The fraction of sp³-hybridized carbons (Fsp3) is 0.500. The zero-order valence-corrected chi connectivity index (χ0v) is 10.7. The van der Waals surface area contributed by atoms with Crippen molar-refractivity contribution in [2.45, 2.75) is 12.6 Å². The van der Waals surface area contributed by atoms with E-state index in [1.807, 2.05) is 0 Å². The van der Waals surface area contributed by atoms with Gasteiger partial charge in [-0.3, -0.25) is 4.90 Å². The Balaban J connectivity index is 0.000000640. The number of benzene rings is 1. The first kappa shape index (κ1) is 13.8. The van der Waals surface area contributed by atoms with Crippen molar-refractivity contribution >= 4 is 24.8 Å². The first-order valence-corrected chi connectivity index (χ1v) is 5.36. The van der Waals surface area contributed by atoms with E-state index in [4.69, 9.17) is 5.73 Å². The van der Waals surface area contributed by atoms with Gasteiger partial charge in [0.1, 0.15) is 0 Å². The highest BCUT2D eigenvalue weighted by Gasteiger charge is 2.53. The Morgan fingerprint density at radius 2 is 1.62 bits per heavy atom. The normalized spacial score (nSPS) is 31.2. The summed E-state index contributed by atoms with van der Waals surface area (Å²) < 4.78 is 0. The summed E-state index contributed by atoms with van der Waals surface area (Å²) in [7, 11) is 0. The molecule has 1 aromatic carbocycles. The quantitative estimate of drug-likeness (QED) is 0.881. The predicted molar refractivity (Wildman–Crippen MR) is 71.2 cm³/mol. The molecule has 2 aliphatic rings. The number of piperidine rings is 1. The lowest BCUT2D eigenvalue weighted by atomic mass is 10.2. The summed E-state index contributed by atoms with van der Waals surface area (Å²) in [4.78, 5) is 2.52. The average Bonchev–Trinajstić information content (AvgIpc) is 2.65. The Kier molecular flexibility index (Phi) is 4.62. The Bertz CT molecular complexity index is 319. The number of fused-ring (bicyclic) bond motifs is 1. The van der Waals surface area contributed by atoms with Crippen molar-refractivity contribution in [1.29, 1.82) is 0 Å². The second kappa shape index (κ2) is 5.37.